The summed E-state index contributed by atoms with van der Waals surface area (Å²) in [6, 6.07) is 6.02. The van der Waals surface area contributed by atoms with E-state index < -0.39 is 0 Å². The Balaban J connectivity index is 1.71. The maximum Gasteiger partial charge on any atom is 0.225 e. The van der Waals surface area contributed by atoms with E-state index in [1.807, 2.05) is 22.9 Å². The van der Waals surface area contributed by atoms with E-state index >= 15 is 0 Å². The van der Waals surface area contributed by atoms with Gasteiger partial charge in [0.15, 0.2) is 4.77 Å². The number of aromatic amines is 1. The third-order valence-electron chi connectivity index (χ3n) is 3.59. The summed E-state index contributed by atoms with van der Waals surface area (Å²) in [6.45, 7) is 6.66. The lowest BCUT2D eigenvalue weighted by Crippen LogP contribution is -2.47. The van der Waals surface area contributed by atoms with Gasteiger partial charge in [0.1, 0.15) is 5.82 Å². The molecule has 0 radical (unpaired) electrons. The molecule has 3 heterocycles. The van der Waals surface area contributed by atoms with Crippen LogP contribution >= 0.6 is 12.2 Å². The second kappa shape index (κ2) is 5.62. The average molecular weight is 290 g/mol. The number of pyridine rings is 1. The Kier molecular flexibility index (Phi) is 3.68. The van der Waals surface area contributed by atoms with Gasteiger partial charge in [-0.3, -0.25) is 4.57 Å². The fourth-order valence-electron chi connectivity index (χ4n) is 2.51. The Labute approximate surface area is 123 Å². The van der Waals surface area contributed by atoms with Gasteiger partial charge in [-0.15, -0.1) is 5.10 Å². The molecule has 1 saturated heterocycles. The topological polar surface area (TPSA) is 53.0 Å². The van der Waals surface area contributed by atoms with Gasteiger partial charge in [0.05, 0.1) is 0 Å². The van der Waals surface area contributed by atoms with E-state index in [0.29, 0.717) is 4.77 Å². The number of H-pyrrole nitrogens is 1. The molecule has 6 nitrogen and oxygen atoms in total. The lowest BCUT2D eigenvalue weighted by molar-refractivity contribution is 0.613. The quantitative estimate of drug-likeness (QED) is 0.872. The number of hydrogen-bond donors (Lipinski definition) is 1. The third kappa shape index (κ3) is 2.40. The molecule has 0 amide bonds. The first-order valence-electron chi connectivity index (χ1n) is 6.85. The van der Waals surface area contributed by atoms with Crippen molar-refractivity contribution in [3.05, 3.63) is 29.2 Å². The third-order valence-corrected chi connectivity index (χ3v) is 3.90. The minimum atomic E-state index is 0.689. The highest BCUT2D eigenvalue weighted by molar-refractivity contribution is 7.71. The number of aromatic nitrogens is 4. The van der Waals surface area contributed by atoms with E-state index in [-0.39, 0.29) is 0 Å². The Hall–Kier alpha value is -1.89. The maximum atomic E-state index is 5.24. The zero-order chi connectivity index (χ0) is 13.9. The zero-order valence-electron chi connectivity index (χ0n) is 11.5. The Bertz CT molecular complexity index is 611. The van der Waals surface area contributed by atoms with Crippen LogP contribution in [0.15, 0.2) is 24.4 Å². The predicted molar refractivity (Wildman–Crippen MR) is 81.7 cm³/mol. The summed E-state index contributed by atoms with van der Waals surface area (Å²) in [7, 11) is 0. The van der Waals surface area contributed by atoms with Crippen molar-refractivity contribution >= 4 is 24.0 Å². The molecule has 0 unspecified atom stereocenters. The highest BCUT2D eigenvalue weighted by Gasteiger charge is 2.21. The second-order valence-corrected chi connectivity index (χ2v) is 5.12. The molecular weight excluding hydrogens is 272 g/mol. The molecular formula is C13H18N6S. The highest BCUT2D eigenvalue weighted by atomic mass is 32.1. The van der Waals surface area contributed by atoms with Crippen LogP contribution in [0.5, 0.6) is 0 Å². The molecule has 2 aromatic heterocycles. The van der Waals surface area contributed by atoms with Gasteiger partial charge in [0.2, 0.25) is 5.95 Å². The number of rotatable bonds is 3. The predicted octanol–water partition coefficient (Wildman–Crippen LogP) is 1.68. The van der Waals surface area contributed by atoms with Gasteiger partial charge >= 0.3 is 0 Å². The first-order chi connectivity index (χ1) is 9.79. The molecule has 106 valence electrons. The molecule has 0 spiro atoms. The van der Waals surface area contributed by atoms with Crippen molar-refractivity contribution in [2.24, 2.45) is 0 Å². The average Bonchev–Trinajstić information content (AvgIpc) is 2.89. The van der Waals surface area contributed by atoms with Crippen LogP contribution in [0.4, 0.5) is 11.8 Å². The highest BCUT2D eigenvalue weighted by Crippen LogP contribution is 2.17. The summed E-state index contributed by atoms with van der Waals surface area (Å²) < 4.78 is 2.72. The molecule has 0 aromatic carbocycles. The molecule has 7 heteroatoms. The van der Waals surface area contributed by atoms with E-state index in [4.69, 9.17) is 12.2 Å². The number of nitrogens with one attached hydrogen (secondary N) is 1. The Morgan fingerprint density at radius 2 is 1.95 bits per heavy atom. The van der Waals surface area contributed by atoms with Crippen molar-refractivity contribution in [2.75, 3.05) is 36.0 Å². The lowest BCUT2D eigenvalue weighted by Gasteiger charge is -2.35. The summed E-state index contributed by atoms with van der Waals surface area (Å²) >= 11 is 5.24. The SMILES string of the molecule is CCn1c(N2CCN(c3ccccn3)CC2)n[nH]c1=S. The molecule has 20 heavy (non-hydrogen) atoms. The number of nitrogens with zero attached hydrogens (tertiary/aromatic N) is 5. The van der Waals surface area contributed by atoms with Gasteiger partial charge in [-0.25, -0.2) is 10.1 Å². The number of hydrogen-bond acceptors (Lipinski definition) is 5. The number of piperazine rings is 1. The molecule has 0 saturated carbocycles. The van der Waals surface area contributed by atoms with E-state index in [0.717, 1.165) is 44.5 Å². The molecule has 1 N–H and O–H groups in total. The van der Waals surface area contributed by atoms with Gasteiger partial charge in [0, 0.05) is 38.9 Å². The number of anilines is 2. The van der Waals surface area contributed by atoms with Crippen molar-refractivity contribution in [3.63, 3.8) is 0 Å². The summed E-state index contributed by atoms with van der Waals surface area (Å²) in [5.74, 6) is 1.99. The molecule has 0 aliphatic carbocycles. The molecule has 1 aliphatic rings. The van der Waals surface area contributed by atoms with E-state index in [9.17, 15) is 0 Å². The van der Waals surface area contributed by atoms with Gasteiger partial charge in [-0.2, -0.15) is 0 Å². The lowest BCUT2D eigenvalue weighted by atomic mass is 10.3. The second-order valence-electron chi connectivity index (χ2n) is 4.74. The fourth-order valence-corrected chi connectivity index (χ4v) is 2.77. The van der Waals surface area contributed by atoms with Crippen molar-refractivity contribution in [3.8, 4) is 0 Å². The monoisotopic (exact) mass is 290 g/mol. The van der Waals surface area contributed by atoms with E-state index in [1.54, 1.807) is 0 Å². The van der Waals surface area contributed by atoms with Crippen molar-refractivity contribution in [1.82, 2.24) is 19.7 Å². The van der Waals surface area contributed by atoms with Gasteiger partial charge in [-0.1, -0.05) is 6.07 Å². The summed E-state index contributed by atoms with van der Waals surface area (Å²) in [5, 5.41) is 7.22. The molecule has 2 aromatic rings. The largest absolute Gasteiger partial charge is 0.353 e. The summed E-state index contributed by atoms with van der Waals surface area (Å²) in [5.41, 5.74) is 0. The van der Waals surface area contributed by atoms with Crippen molar-refractivity contribution in [2.45, 2.75) is 13.5 Å². The zero-order valence-corrected chi connectivity index (χ0v) is 12.3. The molecule has 1 aliphatic heterocycles. The fraction of sp³-hybridized carbons (Fsp3) is 0.462. The van der Waals surface area contributed by atoms with Gasteiger partial charge < -0.3 is 9.80 Å². The van der Waals surface area contributed by atoms with Crippen molar-refractivity contribution in [1.29, 1.82) is 0 Å². The van der Waals surface area contributed by atoms with Crippen LogP contribution in [-0.4, -0.2) is 45.9 Å². The van der Waals surface area contributed by atoms with Crippen LogP contribution in [0.3, 0.4) is 0 Å². The standard InChI is InChI=1S/C13H18N6S/c1-2-19-12(15-16-13(19)20)18-9-7-17(8-10-18)11-5-3-4-6-14-11/h3-6H,2,7-10H2,1H3,(H,16,20). The first-order valence-corrected chi connectivity index (χ1v) is 7.26. The normalized spacial score (nSPS) is 15.7. The maximum absolute atomic E-state index is 5.24. The minimum Gasteiger partial charge on any atom is -0.353 e. The van der Waals surface area contributed by atoms with Crippen molar-refractivity contribution < 1.29 is 0 Å². The molecule has 1 fully saturated rings. The summed E-state index contributed by atoms with van der Waals surface area (Å²) in [4.78, 5) is 8.97. The molecule has 0 bridgehead atoms. The van der Waals surface area contributed by atoms with Crippen LogP contribution in [0.1, 0.15) is 6.92 Å². The smallest absolute Gasteiger partial charge is 0.225 e. The van der Waals surface area contributed by atoms with Crippen LogP contribution in [0.2, 0.25) is 0 Å². The van der Waals surface area contributed by atoms with Crippen LogP contribution < -0.4 is 9.80 Å². The van der Waals surface area contributed by atoms with Crippen LogP contribution in [0, 0.1) is 4.77 Å². The van der Waals surface area contributed by atoms with Gasteiger partial charge in [-0.05, 0) is 31.3 Å². The minimum absolute atomic E-state index is 0.689. The molecule has 3 rings (SSSR count). The van der Waals surface area contributed by atoms with E-state index in [1.165, 1.54) is 0 Å². The first kappa shape index (κ1) is 13.1. The van der Waals surface area contributed by atoms with Crippen LogP contribution in [0.25, 0.3) is 0 Å². The summed E-state index contributed by atoms with van der Waals surface area (Å²) in [6.07, 6.45) is 1.84. The molecule has 0 atom stereocenters. The Morgan fingerprint density at radius 3 is 2.60 bits per heavy atom. The van der Waals surface area contributed by atoms with Gasteiger partial charge in [0.25, 0.3) is 0 Å². The van der Waals surface area contributed by atoms with Crippen LogP contribution in [-0.2, 0) is 6.54 Å². The van der Waals surface area contributed by atoms with E-state index in [2.05, 4.69) is 38.0 Å². The Morgan fingerprint density at radius 1 is 1.20 bits per heavy atom.